The molecular weight excluding hydrogens is 347 g/mol. The smallest absolute Gasteiger partial charge is 0.415 e. The summed E-state index contributed by atoms with van der Waals surface area (Å²) >= 11 is 1.93. The summed E-state index contributed by atoms with van der Waals surface area (Å²) in [6, 6.07) is 3.41. The van der Waals surface area contributed by atoms with Gasteiger partial charge in [-0.15, -0.1) is 0 Å². The lowest BCUT2D eigenvalue weighted by Crippen LogP contribution is -2.46. The molecule has 4 aliphatic heterocycles. The van der Waals surface area contributed by atoms with Crippen molar-refractivity contribution in [3.63, 3.8) is 0 Å². The van der Waals surface area contributed by atoms with E-state index in [0.29, 0.717) is 29.2 Å². The molecule has 4 heterocycles. The second kappa shape index (κ2) is 5.67. The molecule has 1 amide bonds. The standard InChI is InChI=1S/C17H19FN2O4S/c18-11-3-13-15(23-6-14-16(5-21)24-17(22)20(13)14)4-12(11)19-9-1-2-10(19)8-25-7-9/h3-4,9-10,14,16,21H,1-2,5-8H2/t9?,10?,14-,16-/m0/s1. The number of benzene rings is 1. The van der Waals surface area contributed by atoms with Crippen LogP contribution in [0.1, 0.15) is 12.8 Å². The monoisotopic (exact) mass is 366 g/mol. The third-order valence-electron chi connectivity index (χ3n) is 5.61. The maximum absolute atomic E-state index is 15.0. The number of hydrogen-bond acceptors (Lipinski definition) is 6. The molecular formula is C17H19FN2O4S. The molecule has 4 atom stereocenters. The van der Waals surface area contributed by atoms with Gasteiger partial charge in [-0.1, -0.05) is 0 Å². The van der Waals surface area contributed by atoms with Crippen molar-refractivity contribution >= 4 is 29.2 Å². The molecule has 5 rings (SSSR count). The van der Waals surface area contributed by atoms with E-state index in [1.54, 1.807) is 6.07 Å². The molecule has 1 aromatic rings. The van der Waals surface area contributed by atoms with Crippen LogP contribution in [0.3, 0.4) is 0 Å². The zero-order chi connectivity index (χ0) is 17.1. The lowest BCUT2D eigenvalue weighted by Gasteiger charge is -2.38. The molecule has 8 heteroatoms. The van der Waals surface area contributed by atoms with Crippen molar-refractivity contribution < 1.29 is 23.8 Å². The van der Waals surface area contributed by atoms with Crippen LogP contribution in [-0.2, 0) is 4.74 Å². The number of aliphatic hydroxyl groups excluding tert-OH is 1. The van der Waals surface area contributed by atoms with Gasteiger partial charge in [-0.25, -0.2) is 9.18 Å². The molecule has 0 radical (unpaired) electrons. The zero-order valence-electron chi connectivity index (χ0n) is 13.6. The number of fused-ring (bicyclic) bond motifs is 5. The van der Waals surface area contributed by atoms with Crippen LogP contribution in [0.2, 0.25) is 0 Å². The quantitative estimate of drug-likeness (QED) is 0.864. The molecule has 0 spiro atoms. The number of carbonyl (C=O) groups excluding carboxylic acids is 1. The Balaban J connectivity index is 1.54. The molecule has 2 bridgehead atoms. The molecule has 0 aromatic heterocycles. The molecule has 0 aliphatic carbocycles. The highest BCUT2D eigenvalue weighted by atomic mass is 32.2. The summed E-state index contributed by atoms with van der Waals surface area (Å²) in [6.07, 6.45) is 0.982. The number of ether oxygens (including phenoxy) is 2. The average Bonchev–Trinajstić information content (AvgIpc) is 3.07. The Hall–Kier alpha value is -1.67. The first-order chi connectivity index (χ1) is 12.2. The molecule has 1 aromatic carbocycles. The molecule has 25 heavy (non-hydrogen) atoms. The lowest BCUT2D eigenvalue weighted by atomic mass is 10.1. The maximum Gasteiger partial charge on any atom is 0.415 e. The Morgan fingerprint density at radius 3 is 2.72 bits per heavy atom. The van der Waals surface area contributed by atoms with Crippen molar-refractivity contribution in [2.75, 3.05) is 34.5 Å². The van der Waals surface area contributed by atoms with Gasteiger partial charge < -0.3 is 19.5 Å². The van der Waals surface area contributed by atoms with E-state index in [1.165, 1.54) is 11.0 Å². The van der Waals surface area contributed by atoms with E-state index < -0.39 is 18.2 Å². The lowest BCUT2D eigenvalue weighted by molar-refractivity contribution is 0.0734. The van der Waals surface area contributed by atoms with Crippen molar-refractivity contribution in [1.29, 1.82) is 0 Å². The predicted octanol–water partition coefficient (Wildman–Crippen LogP) is 1.99. The van der Waals surface area contributed by atoms with Crippen molar-refractivity contribution in [2.45, 2.75) is 37.1 Å². The van der Waals surface area contributed by atoms with Gasteiger partial charge in [0.15, 0.2) is 6.10 Å². The van der Waals surface area contributed by atoms with E-state index in [4.69, 9.17) is 9.47 Å². The Labute approximate surface area is 148 Å². The van der Waals surface area contributed by atoms with Crippen molar-refractivity contribution in [1.82, 2.24) is 0 Å². The minimum Gasteiger partial charge on any atom is -0.489 e. The normalized spacial score (nSPS) is 33.0. The summed E-state index contributed by atoms with van der Waals surface area (Å²) in [5.41, 5.74) is 0.952. The second-order valence-electron chi connectivity index (χ2n) is 6.95. The molecule has 1 N–H and O–H groups in total. The fourth-order valence-corrected chi connectivity index (χ4v) is 5.75. The third-order valence-corrected chi connectivity index (χ3v) is 6.85. The minimum absolute atomic E-state index is 0.234. The maximum atomic E-state index is 15.0. The summed E-state index contributed by atoms with van der Waals surface area (Å²) in [5.74, 6) is 2.20. The molecule has 134 valence electrons. The van der Waals surface area contributed by atoms with E-state index in [2.05, 4.69) is 4.90 Å². The van der Waals surface area contributed by atoms with Crippen LogP contribution in [0.4, 0.5) is 20.6 Å². The van der Waals surface area contributed by atoms with Crippen LogP contribution in [0, 0.1) is 5.82 Å². The highest BCUT2D eigenvalue weighted by molar-refractivity contribution is 7.99. The van der Waals surface area contributed by atoms with Crippen molar-refractivity contribution in [3.8, 4) is 5.75 Å². The average molecular weight is 366 g/mol. The Kier molecular flexibility index (Phi) is 3.53. The fourth-order valence-electron chi connectivity index (χ4n) is 4.42. The number of amides is 1. The van der Waals surface area contributed by atoms with Gasteiger partial charge in [0.25, 0.3) is 0 Å². The summed E-state index contributed by atoms with van der Waals surface area (Å²) < 4.78 is 25.9. The molecule has 0 saturated carbocycles. The van der Waals surface area contributed by atoms with Gasteiger partial charge >= 0.3 is 6.09 Å². The van der Waals surface area contributed by atoms with E-state index in [0.717, 1.165) is 24.3 Å². The number of carbonyl (C=O) groups is 1. The second-order valence-corrected chi connectivity index (χ2v) is 8.03. The molecule has 2 unspecified atom stereocenters. The Bertz CT molecular complexity index is 717. The number of halogens is 1. The first-order valence-electron chi connectivity index (χ1n) is 8.60. The van der Waals surface area contributed by atoms with Crippen LogP contribution in [-0.4, -0.2) is 60.1 Å². The van der Waals surface area contributed by atoms with Crippen LogP contribution in [0.25, 0.3) is 0 Å². The van der Waals surface area contributed by atoms with Gasteiger partial charge in [0.1, 0.15) is 24.2 Å². The number of rotatable bonds is 2. The summed E-state index contributed by atoms with van der Waals surface area (Å²) in [6.45, 7) is -0.0429. The number of thioether (sulfide) groups is 1. The van der Waals surface area contributed by atoms with Gasteiger partial charge in [-0.05, 0) is 12.8 Å². The van der Waals surface area contributed by atoms with Crippen LogP contribution in [0.5, 0.6) is 5.75 Å². The summed E-state index contributed by atoms with van der Waals surface area (Å²) in [5, 5.41) is 9.36. The van der Waals surface area contributed by atoms with Crippen molar-refractivity contribution in [2.24, 2.45) is 0 Å². The summed E-state index contributed by atoms with van der Waals surface area (Å²) in [4.78, 5) is 15.8. The number of cyclic esters (lactones) is 1. The van der Waals surface area contributed by atoms with Crippen LogP contribution >= 0.6 is 11.8 Å². The predicted molar refractivity (Wildman–Crippen MR) is 92.1 cm³/mol. The van der Waals surface area contributed by atoms with Gasteiger partial charge in [-0.3, -0.25) is 4.90 Å². The SMILES string of the molecule is O=C1O[C@@H](CO)[C@@H]2COc3cc(N4C5CCC4CSC5)c(F)cc3N12. The number of nitrogens with zero attached hydrogens (tertiary/aromatic N) is 2. The van der Waals surface area contributed by atoms with Gasteiger partial charge in [0, 0.05) is 35.7 Å². The van der Waals surface area contributed by atoms with E-state index in [1.807, 2.05) is 11.8 Å². The topological polar surface area (TPSA) is 62.2 Å². The number of aliphatic hydroxyl groups is 1. The molecule has 3 fully saturated rings. The highest BCUT2D eigenvalue weighted by Gasteiger charge is 2.47. The Morgan fingerprint density at radius 1 is 1.24 bits per heavy atom. The van der Waals surface area contributed by atoms with Crippen LogP contribution < -0.4 is 14.5 Å². The van der Waals surface area contributed by atoms with E-state index in [9.17, 15) is 14.3 Å². The molecule has 4 aliphatic rings. The van der Waals surface area contributed by atoms with Gasteiger partial charge in [-0.2, -0.15) is 11.8 Å². The van der Waals surface area contributed by atoms with Crippen molar-refractivity contribution in [3.05, 3.63) is 17.9 Å². The fraction of sp³-hybridized carbons (Fsp3) is 0.588. The number of hydrogen-bond donors (Lipinski definition) is 1. The molecule has 3 saturated heterocycles. The van der Waals surface area contributed by atoms with E-state index in [-0.39, 0.29) is 19.0 Å². The molecule has 6 nitrogen and oxygen atoms in total. The van der Waals surface area contributed by atoms with E-state index >= 15 is 0 Å². The Morgan fingerprint density at radius 2 is 2.00 bits per heavy atom. The highest BCUT2D eigenvalue weighted by Crippen LogP contribution is 2.45. The number of anilines is 2. The van der Waals surface area contributed by atoms with Gasteiger partial charge in [0.2, 0.25) is 0 Å². The van der Waals surface area contributed by atoms with Crippen LogP contribution in [0.15, 0.2) is 12.1 Å². The first-order valence-corrected chi connectivity index (χ1v) is 9.76. The largest absolute Gasteiger partial charge is 0.489 e. The minimum atomic E-state index is -0.640. The zero-order valence-corrected chi connectivity index (χ0v) is 14.4. The van der Waals surface area contributed by atoms with Gasteiger partial charge in [0.05, 0.1) is 18.0 Å². The third kappa shape index (κ3) is 2.23. The summed E-state index contributed by atoms with van der Waals surface area (Å²) in [7, 11) is 0. The first kappa shape index (κ1) is 15.6.